The molecule has 3 aromatic rings. The van der Waals surface area contributed by atoms with Gasteiger partial charge in [0.25, 0.3) is 5.91 Å². The van der Waals surface area contributed by atoms with Crippen molar-refractivity contribution in [3.8, 4) is 11.4 Å². The smallest absolute Gasteiger partial charge is 0.277 e. The van der Waals surface area contributed by atoms with Crippen molar-refractivity contribution < 1.29 is 9.32 Å². The van der Waals surface area contributed by atoms with Crippen LogP contribution in [0.25, 0.3) is 11.4 Å². The molecule has 1 amide bonds. The van der Waals surface area contributed by atoms with E-state index in [0.717, 1.165) is 42.4 Å². The molecular weight excluding hydrogens is 366 g/mol. The molecule has 0 aliphatic carbocycles. The van der Waals surface area contributed by atoms with Crippen LogP contribution in [0.4, 0.5) is 5.82 Å². The summed E-state index contributed by atoms with van der Waals surface area (Å²) >= 11 is 0. The van der Waals surface area contributed by atoms with Crippen molar-refractivity contribution in [3.05, 3.63) is 53.5 Å². The van der Waals surface area contributed by atoms with Crippen LogP contribution in [0.5, 0.6) is 0 Å². The first kappa shape index (κ1) is 19.4. The van der Waals surface area contributed by atoms with E-state index in [-0.39, 0.29) is 11.3 Å². The zero-order valence-electron chi connectivity index (χ0n) is 17.4. The fraction of sp³-hybridized carbons (Fsp3) is 0.409. The van der Waals surface area contributed by atoms with Crippen LogP contribution in [-0.2, 0) is 18.5 Å². The summed E-state index contributed by atoms with van der Waals surface area (Å²) in [5.74, 6) is 1.70. The lowest BCUT2D eigenvalue weighted by molar-refractivity contribution is 0.102. The Morgan fingerprint density at radius 3 is 2.62 bits per heavy atom. The number of aromatic nitrogens is 3. The van der Waals surface area contributed by atoms with Gasteiger partial charge in [0.05, 0.1) is 5.69 Å². The molecule has 0 unspecified atom stereocenters. The maximum absolute atomic E-state index is 13.1. The van der Waals surface area contributed by atoms with E-state index in [2.05, 4.69) is 27.0 Å². The lowest BCUT2D eigenvalue weighted by Gasteiger charge is -2.13. The number of nitrogens with one attached hydrogen (secondary N) is 1. The number of fused-ring (bicyclic) bond motifs is 1. The molecule has 7 nitrogen and oxygen atoms in total. The summed E-state index contributed by atoms with van der Waals surface area (Å²) in [6, 6.07) is 11.8. The van der Waals surface area contributed by atoms with Gasteiger partial charge in [0, 0.05) is 30.1 Å². The second-order valence-corrected chi connectivity index (χ2v) is 8.62. The second-order valence-electron chi connectivity index (χ2n) is 8.62. The van der Waals surface area contributed by atoms with Gasteiger partial charge in [0.1, 0.15) is 11.6 Å². The molecule has 1 aliphatic heterocycles. The Labute approximate surface area is 170 Å². The number of hydrogen-bond donors (Lipinski definition) is 1. The highest BCUT2D eigenvalue weighted by Gasteiger charge is 2.27. The lowest BCUT2D eigenvalue weighted by Crippen LogP contribution is -2.21. The molecule has 0 fully saturated rings. The van der Waals surface area contributed by atoms with Crippen LogP contribution in [0.2, 0.25) is 0 Å². The third kappa shape index (κ3) is 3.96. The summed E-state index contributed by atoms with van der Waals surface area (Å²) in [4.78, 5) is 20.1. The minimum absolute atomic E-state index is 0.176. The molecule has 29 heavy (non-hydrogen) atoms. The van der Waals surface area contributed by atoms with E-state index < -0.39 is 0 Å². The molecular formula is C22H27N5O2. The molecule has 3 heterocycles. The van der Waals surface area contributed by atoms with Gasteiger partial charge in [0.2, 0.25) is 0 Å². The molecule has 0 spiro atoms. The van der Waals surface area contributed by atoms with Gasteiger partial charge in [0.15, 0.2) is 11.5 Å². The topological polar surface area (TPSA) is 76.2 Å². The standard InChI is InChI=1S/C22H27N5O2/c1-22(2,3)17-13-18(25-29-17)23-21(28)19-16-14-26(4)11-8-12-27(16)20(24-19)15-9-6-5-7-10-15/h5-7,9-10,13H,8,11-12,14H2,1-4H3,(H,23,25,28). The lowest BCUT2D eigenvalue weighted by atomic mass is 9.93. The Morgan fingerprint density at radius 2 is 1.93 bits per heavy atom. The fourth-order valence-corrected chi connectivity index (χ4v) is 3.57. The van der Waals surface area contributed by atoms with Crippen LogP contribution in [-0.4, -0.2) is 39.1 Å². The van der Waals surface area contributed by atoms with E-state index in [0.29, 0.717) is 18.1 Å². The summed E-state index contributed by atoms with van der Waals surface area (Å²) in [5, 5.41) is 6.87. The molecule has 152 valence electrons. The van der Waals surface area contributed by atoms with Gasteiger partial charge < -0.3 is 19.3 Å². The Hall–Kier alpha value is -2.93. The van der Waals surface area contributed by atoms with E-state index >= 15 is 0 Å². The van der Waals surface area contributed by atoms with Gasteiger partial charge in [-0.05, 0) is 20.0 Å². The normalized spacial score (nSPS) is 15.0. The summed E-state index contributed by atoms with van der Waals surface area (Å²) in [6.07, 6.45) is 1.01. The maximum atomic E-state index is 13.1. The molecule has 0 radical (unpaired) electrons. The van der Waals surface area contributed by atoms with Crippen LogP contribution < -0.4 is 5.32 Å². The third-order valence-electron chi connectivity index (χ3n) is 5.15. The number of carbonyl (C=O) groups excluding carboxylic acids is 1. The molecule has 2 aromatic heterocycles. The molecule has 1 aromatic carbocycles. The van der Waals surface area contributed by atoms with Crippen molar-refractivity contribution in [3.63, 3.8) is 0 Å². The van der Waals surface area contributed by atoms with E-state index in [1.54, 1.807) is 6.07 Å². The number of carbonyl (C=O) groups is 1. The second kappa shape index (κ2) is 7.48. The Kier molecular flexibility index (Phi) is 5.00. The average Bonchev–Trinajstić information content (AvgIpc) is 3.23. The van der Waals surface area contributed by atoms with E-state index in [4.69, 9.17) is 9.51 Å². The van der Waals surface area contributed by atoms with Crippen molar-refractivity contribution in [2.24, 2.45) is 0 Å². The van der Waals surface area contributed by atoms with Crippen molar-refractivity contribution in [2.75, 3.05) is 18.9 Å². The number of benzene rings is 1. The van der Waals surface area contributed by atoms with Crippen LogP contribution >= 0.6 is 0 Å². The van der Waals surface area contributed by atoms with Gasteiger partial charge in [-0.2, -0.15) is 0 Å². The zero-order valence-corrected chi connectivity index (χ0v) is 17.4. The van der Waals surface area contributed by atoms with Crippen LogP contribution in [0.3, 0.4) is 0 Å². The van der Waals surface area contributed by atoms with Crippen molar-refractivity contribution in [2.45, 2.75) is 45.7 Å². The van der Waals surface area contributed by atoms with Crippen LogP contribution in [0, 0.1) is 0 Å². The molecule has 1 N–H and O–H groups in total. The van der Waals surface area contributed by atoms with E-state index in [1.807, 2.05) is 51.1 Å². The first-order valence-electron chi connectivity index (χ1n) is 9.95. The minimum Gasteiger partial charge on any atom is -0.359 e. The quantitative estimate of drug-likeness (QED) is 0.730. The Balaban J connectivity index is 1.70. The minimum atomic E-state index is -0.264. The number of rotatable bonds is 3. The van der Waals surface area contributed by atoms with Crippen molar-refractivity contribution in [1.82, 2.24) is 19.6 Å². The molecule has 1 aliphatic rings. The van der Waals surface area contributed by atoms with Gasteiger partial charge in [-0.1, -0.05) is 56.3 Å². The summed E-state index contributed by atoms with van der Waals surface area (Å²) in [7, 11) is 2.07. The molecule has 0 saturated carbocycles. The number of amides is 1. The van der Waals surface area contributed by atoms with Gasteiger partial charge in [-0.3, -0.25) is 4.79 Å². The highest BCUT2D eigenvalue weighted by Crippen LogP contribution is 2.28. The predicted octanol–water partition coefficient (Wildman–Crippen LogP) is 3.92. The summed E-state index contributed by atoms with van der Waals surface area (Å²) in [6.45, 7) is 8.61. The maximum Gasteiger partial charge on any atom is 0.277 e. The van der Waals surface area contributed by atoms with Gasteiger partial charge >= 0.3 is 0 Å². The number of hydrogen-bond acceptors (Lipinski definition) is 5. The van der Waals surface area contributed by atoms with Gasteiger partial charge in [-0.15, -0.1) is 0 Å². The van der Waals surface area contributed by atoms with Crippen molar-refractivity contribution >= 4 is 11.7 Å². The van der Waals surface area contributed by atoms with Crippen LogP contribution in [0.1, 0.15) is 49.1 Å². The zero-order chi connectivity index (χ0) is 20.6. The predicted molar refractivity (Wildman–Crippen MR) is 112 cm³/mol. The Morgan fingerprint density at radius 1 is 1.17 bits per heavy atom. The number of anilines is 1. The average molecular weight is 393 g/mol. The first-order chi connectivity index (χ1) is 13.8. The molecule has 0 saturated heterocycles. The summed E-state index contributed by atoms with van der Waals surface area (Å²) < 4.78 is 7.57. The summed E-state index contributed by atoms with van der Waals surface area (Å²) in [5.41, 5.74) is 2.21. The number of nitrogens with zero attached hydrogens (tertiary/aromatic N) is 4. The first-order valence-corrected chi connectivity index (χ1v) is 9.95. The highest BCUT2D eigenvalue weighted by atomic mass is 16.5. The largest absolute Gasteiger partial charge is 0.359 e. The third-order valence-corrected chi connectivity index (χ3v) is 5.15. The number of imidazole rings is 1. The SMILES string of the molecule is CN1CCCn2c(-c3ccccc3)nc(C(=O)Nc3cc(C(C)(C)C)on3)c2C1. The van der Waals surface area contributed by atoms with Crippen LogP contribution in [0.15, 0.2) is 40.9 Å². The molecule has 4 rings (SSSR count). The van der Waals surface area contributed by atoms with E-state index in [1.165, 1.54) is 0 Å². The fourth-order valence-electron chi connectivity index (χ4n) is 3.57. The highest BCUT2D eigenvalue weighted by molar-refractivity contribution is 6.03. The molecule has 7 heteroatoms. The van der Waals surface area contributed by atoms with Gasteiger partial charge in [-0.25, -0.2) is 4.98 Å². The van der Waals surface area contributed by atoms with Crippen molar-refractivity contribution in [1.29, 1.82) is 0 Å². The molecule has 0 atom stereocenters. The Bertz CT molecular complexity index is 1010. The van der Waals surface area contributed by atoms with E-state index in [9.17, 15) is 4.79 Å². The monoisotopic (exact) mass is 393 g/mol. The molecule has 0 bridgehead atoms.